The number of benzene rings is 1. The minimum atomic E-state index is -3.71. The van der Waals surface area contributed by atoms with Crippen LogP contribution in [0.25, 0.3) is 0 Å². The molecule has 7 heteroatoms. The van der Waals surface area contributed by atoms with Crippen LogP contribution in [0.2, 0.25) is 0 Å². The van der Waals surface area contributed by atoms with E-state index in [4.69, 9.17) is 4.74 Å². The van der Waals surface area contributed by atoms with Gasteiger partial charge in [0.2, 0.25) is 0 Å². The van der Waals surface area contributed by atoms with Crippen LogP contribution in [0.15, 0.2) is 29.2 Å². The molecular weight excluding hydrogens is 388 g/mol. The number of carbonyl (C=O) groups excluding carboxylic acids is 1. The van der Waals surface area contributed by atoms with Crippen molar-refractivity contribution in [3.8, 4) is 0 Å². The molecule has 0 aromatic heterocycles. The Morgan fingerprint density at radius 3 is 2.31 bits per heavy atom. The summed E-state index contributed by atoms with van der Waals surface area (Å²) in [6.07, 6.45) is 6.60. The van der Waals surface area contributed by atoms with Crippen LogP contribution < -0.4 is 10.2 Å². The molecule has 1 unspecified atom stereocenters. The SMILES string of the molecule is COC1CCN(c2ccc(S(=O)(=O)C3(C=O)CCC4(CCNCC4)C3)cc2)CC1. The van der Waals surface area contributed by atoms with Crippen molar-refractivity contribution in [3.63, 3.8) is 0 Å². The molecule has 1 spiro atoms. The maximum absolute atomic E-state index is 13.5. The Labute approximate surface area is 173 Å². The third-order valence-corrected chi connectivity index (χ3v) is 9.86. The summed E-state index contributed by atoms with van der Waals surface area (Å²) in [5.41, 5.74) is 1.02. The lowest BCUT2D eigenvalue weighted by Gasteiger charge is -2.35. The minimum Gasteiger partial charge on any atom is -0.381 e. The van der Waals surface area contributed by atoms with Crippen LogP contribution in [-0.4, -0.2) is 58.8 Å². The van der Waals surface area contributed by atoms with E-state index in [-0.39, 0.29) is 10.3 Å². The molecule has 29 heavy (non-hydrogen) atoms. The summed E-state index contributed by atoms with van der Waals surface area (Å²) in [6, 6.07) is 7.14. The summed E-state index contributed by atoms with van der Waals surface area (Å²) in [7, 11) is -1.96. The second kappa shape index (κ2) is 8.00. The lowest BCUT2D eigenvalue weighted by Crippen LogP contribution is -2.42. The molecule has 0 radical (unpaired) electrons. The number of rotatable bonds is 5. The highest BCUT2D eigenvalue weighted by atomic mass is 32.2. The van der Waals surface area contributed by atoms with Gasteiger partial charge in [-0.05, 0) is 87.7 Å². The van der Waals surface area contributed by atoms with Crippen molar-refractivity contribution in [2.45, 2.75) is 60.7 Å². The van der Waals surface area contributed by atoms with Gasteiger partial charge in [0, 0.05) is 25.9 Å². The lowest BCUT2D eigenvalue weighted by molar-refractivity contribution is -0.110. The van der Waals surface area contributed by atoms with E-state index in [1.165, 1.54) is 0 Å². The molecule has 1 aromatic rings. The third-order valence-electron chi connectivity index (χ3n) is 7.45. The average Bonchev–Trinajstić information content (AvgIpc) is 3.14. The molecule has 1 aliphatic carbocycles. The van der Waals surface area contributed by atoms with Crippen molar-refractivity contribution in [1.29, 1.82) is 0 Å². The lowest BCUT2D eigenvalue weighted by atomic mass is 9.77. The third kappa shape index (κ3) is 3.73. The smallest absolute Gasteiger partial charge is 0.190 e. The zero-order valence-electron chi connectivity index (χ0n) is 17.2. The van der Waals surface area contributed by atoms with E-state index >= 15 is 0 Å². The Balaban J connectivity index is 1.53. The molecule has 3 fully saturated rings. The topological polar surface area (TPSA) is 75.7 Å². The quantitative estimate of drug-likeness (QED) is 0.738. The first-order chi connectivity index (χ1) is 13.9. The highest BCUT2D eigenvalue weighted by molar-refractivity contribution is 7.93. The summed E-state index contributed by atoms with van der Waals surface area (Å²) in [4.78, 5) is 14.7. The maximum Gasteiger partial charge on any atom is 0.190 e. The van der Waals surface area contributed by atoms with E-state index in [2.05, 4.69) is 10.2 Å². The van der Waals surface area contributed by atoms with Crippen LogP contribution in [0.3, 0.4) is 0 Å². The van der Waals surface area contributed by atoms with E-state index in [0.717, 1.165) is 70.3 Å². The predicted molar refractivity (Wildman–Crippen MR) is 113 cm³/mol. The summed E-state index contributed by atoms with van der Waals surface area (Å²) in [5, 5.41) is 3.35. The monoisotopic (exact) mass is 420 g/mol. The van der Waals surface area contributed by atoms with Crippen molar-refractivity contribution in [2.24, 2.45) is 5.41 Å². The zero-order chi connectivity index (χ0) is 20.5. The first-order valence-electron chi connectivity index (χ1n) is 10.7. The molecule has 3 aliphatic rings. The Bertz CT molecular complexity index is 825. The number of methoxy groups -OCH3 is 1. The molecule has 0 amide bonds. The van der Waals surface area contributed by atoms with E-state index in [0.29, 0.717) is 18.9 Å². The normalized spacial score (nSPS) is 28.0. The first kappa shape index (κ1) is 20.8. The molecule has 1 atom stereocenters. The largest absolute Gasteiger partial charge is 0.381 e. The molecule has 0 bridgehead atoms. The summed E-state index contributed by atoms with van der Waals surface area (Å²) >= 11 is 0. The Hall–Kier alpha value is -1.44. The molecule has 6 nitrogen and oxygen atoms in total. The van der Waals surface area contributed by atoms with Crippen molar-refractivity contribution in [1.82, 2.24) is 5.32 Å². The van der Waals surface area contributed by atoms with Crippen molar-refractivity contribution in [3.05, 3.63) is 24.3 Å². The van der Waals surface area contributed by atoms with Gasteiger partial charge in [-0.3, -0.25) is 0 Å². The van der Waals surface area contributed by atoms with Crippen LogP contribution in [0.5, 0.6) is 0 Å². The first-order valence-corrected chi connectivity index (χ1v) is 12.2. The van der Waals surface area contributed by atoms with Gasteiger partial charge in [0.1, 0.15) is 11.0 Å². The molecule has 1 aromatic carbocycles. The van der Waals surface area contributed by atoms with Gasteiger partial charge in [-0.2, -0.15) is 0 Å². The fourth-order valence-corrected chi connectivity index (χ4v) is 7.44. The molecule has 1 N–H and O–H groups in total. The number of aldehydes is 1. The number of carbonyl (C=O) groups is 1. The Morgan fingerprint density at radius 1 is 1.07 bits per heavy atom. The number of piperidine rings is 2. The fraction of sp³-hybridized carbons (Fsp3) is 0.682. The molecule has 1 saturated carbocycles. The van der Waals surface area contributed by atoms with Gasteiger partial charge < -0.3 is 19.7 Å². The Morgan fingerprint density at radius 2 is 1.72 bits per heavy atom. The number of hydrogen-bond acceptors (Lipinski definition) is 6. The van der Waals surface area contributed by atoms with Gasteiger partial charge in [-0.1, -0.05) is 0 Å². The number of nitrogens with one attached hydrogen (secondary N) is 1. The maximum atomic E-state index is 13.5. The summed E-state index contributed by atoms with van der Waals surface area (Å²) < 4.78 is 31.2. The second-order valence-corrected chi connectivity index (χ2v) is 11.3. The number of hydrogen-bond donors (Lipinski definition) is 1. The van der Waals surface area contributed by atoms with Crippen LogP contribution in [0.4, 0.5) is 5.69 Å². The van der Waals surface area contributed by atoms with E-state index in [1.807, 2.05) is 12.1 Å². The van der Waals surface area contributed by atoms with Gasteiger partial charge in [-0.15, -0.1) is 0 Å². The minimum absolute atomic E-state index is 0.00907. The summed E-state index contributed by atoms with van der Waals surface area (Å²) in [6.45, 7) is 3.62. The number of sulfone groups is 1. The fourth-order valence-electron chi connectivity index (χ4n) is 5.49. The van der Waals surface area contributed by atoms with Crippen LogP contribution in [-0.2, 0) is 19.4 Å². The Kier molecular flexibility index (Phi) is 5.75. The standard InChI is InChI=1S/C22H32N2O4S/c1-28-19-6-14-24(15-7-19)18-2-4-20(5-3-18)29(26,27)22(17-25)9-8-21(16-22)10-12-23-13-11-21/h2-5,17,19,23H,6-16H2,1H3. The molecule has 2 saturated heterocycles. The zero-order valence-corrected chi connectivity index (χ0v) is 18.0. The van der Waals surface area contributed by atoms with Gasteiger partial charge in [-0.25, -0.2) is 8.42 Å². The predicted octanol–water partition coefficient (Wildman–Crippen LogP) is 2.57. The number of ether oxygens (including phenoxy) is 1. The van der Waals surface area contributed by atoms with Crippen molar-refractivity contribution >= 4 is 21.8 Å². The summed E-state index contributed by atoms with van der Waals surface area (Å²) in [5.74, 6) is 0. The van der Waals surface area contributed by atoms with Crippen LogP contribution >= 0.6 is 0 Å². The molecule has 2 aliphatic heterocycles. The van der Waals surface area contributed by atoms with E-state index in [1.54, 1.807) is 19.2 Å². The highest BCUT2D eigenvalue weighted by Gasteiger charge is 2.55. The van der Waals surface area contributed by atoms with Gasteiger partial charge in [0.25, 0.3) is 0 Å². The molecule has 2 heterocycles. The number of nitrogens with zero attached hydrogens (tertiary/aromatic N) is 1. The average molecular weight is 421 g/mol. The molecule has 4 rings (SSSR count). The van der Waals surface area contributed by atoms with Crippen LogP contribution in [0.1, 0.15) is 44.9 Å². The molecular formula is C22H32N2O4S. The van der Waals surface area contributed by atoms with Gasteiger partial charge >= 0.3 is 0 Å². The van der Waals surface area contributed by atoms with Gasteiger partial charge in [0.05, 0.1) is 11.0 Å². The second-order valence-electron chi connectivity index (χ2n) is 9.03. The number of anilines is 1. The van der Waals surface area contributed by atoms with Crippen molar-refractivity contribution < 1.29 is 17.9 Å². The van der Waals surface area contributed by atoms with Crippen LogP contribution in [0, 0.1) is 5.41 Å². The van der Waals surface area contributed by atoms with Gasteiger partial charge in [0.15, 0.2) is 9.84 Å². The van der Waals surface area contributed by atoms with E-state index in [9.17, 15) is 13.2 Å². The molecule has 160 valence electrons. The van der Waals surface area contributed by atoms with Crippen molar-refractivity contribution in [2.75, 3.05) is 38.2 Å². The highest BCUT2D eigenvalue weighted by Crippen LogP contribution is 2.53. The van der Waals surface area contributed by atoms with E-state index < -0.39 is 14.6 Å².